The maximum Gasteiger partial charge on any atom is 0.237 e. The summed E-state index contributed by atoms with van der Waals surface area (Å²) in [7, 11) is 1.68. The van der Waals surface area contributed by atoms with Gasteiger partial charge in [0.1, 0.15) is 5.75 Å². The van der Waals surface area contributed by atoms with Gasteiger partial charge in [-0.05, 0) is 54.3 Å². The van der Waals surface area contributed by atoms with Crippen LogP contribution in [-0.2, 0) is 24.4 Å². The van der Waals surface area contributed by atoms with Crippen LogP contribution < -0.4 is 10.1 Å². The van der Waals surface area contributed by atoms with Crippen molar-refractivity contribution < 1.29 is 9.53 Å². The lowest BCUT2D eigenvalue weighted by molar-refractivity contribution is -0.131. The Balaban J connectivity index is 1.71. The van der Waals surface area contributed by atoms with E-state index in [1.165, 1.54) is 0 Å². The summed E-state index contributed by atoms with van der Waals surface area (Å²) in [5.41, 5.74) is 3.41. The minimum atomic E-state index is 0.117. The van der Waals surface area contributed by atoms with E-state index in [-0.39, 0.29) is 5.91 Å². The van der Waals surface area contributed by atoms with Gasteiger partial charge in [0, 0.05) is 25.0 Å². The molecule has 1 N–H and O–H groups in total. The third-order valence-corrected chi connectivity index (χ3v) is 5.51. The molecular formula is C27H35N3O2. The number of rotatable bonds is 12. The van der Waals surface area contributed by atoms with Crippen LogP contribution in [0, 0.1) is 5.92 Å². The summed E-state index contributed by atoms with van der Waals surface area (Å²) < 4.78 is 7.56. The number of ether oxygens (including phenoxy) is 1. The van der Waals surface area contributed by atoms with Crippen molar-refractivity contribution in [2.45, 2.75) is 39.9 Å². The normalized spacial score (nSPS) is 11.0. The van der Waals surface area contributed by atoms with Crippen LogP contribution in [0.25, 0.3) is 0 Å². The van der Waals surface area contributed by atoms with Crippen LogP contribution in [0.15, 0.2) is 72.9 Å². The monoisotopic (exact) mass is 433 g/mol. The molecule has 0 radical (unpaired) electrons. The van der Waals surface area contributed by atoms with Crippen LogP contribution in [-0.4, -0.2) is 35.6 Å². The largest absolute Gasteiger partial charge is 0.497 e. The Bertz CT molecular complexity index is 966. The number of methoxy groups -OCH3 is 1. The van der Waals surface area contributed by atoms with E-state index in [1.54, 1.807) is 7.11 Å². The maximum atomic E-state index is 13.1. The minimum absolute atomic E-state index is 0.117. The lowest BCUT2D eigenvalue weighted by Gasteiger charge is -2.24. The van der Waals surface area contributed by atoms with Crippen LogP contribution in [0.5, 0.6) is 5.75 Å². The first-order valence-electron chi connectivity index (χ1n) is 11.3. The van der Waals surface area contributed by atoms with E-state index in [0.717, 1.165) is 42.1 Å². The number of aromatic nitrogens is 1. The molecule has 0 saturated heterocycles. The number of benzene rings is 2. The Morgan fingerprint density at radius 1 is 1.00 bits per heavy atom. The van der Waals surface area contributed by atoms with Crippen molar-refractivity contribution in [2.24, 2.45) is 5.92 Å². The average molecular weight is 434 g/mol. The van der Waals surface area contributed by atoms with Crippen LogP contribution >= 0.6 is 0 Å². The molecular weight excluding hydrogens is 398 g/mol. The van der Waals surface area contributed by atoms with Crippen molar-refractivity contribution in [3.05, 3.63) is 89.7 Å². The summed E-state index contributed by atoms with van der Waals surface area (Å²) in [6.45, 7) is 7.50. The van der Waals surface area contributed by atoms with E-state index in [1.807, 2.05) is 41.3 Å². The Hall–Kier alpha value is -3.05. The zero-order valence-corrected chi connectivity index (χ0v) is 19.5. The molecule has 0 saturated carbocycles. The molecule has 0 aliphatic carbocycles. The number of amides is 1. The molecule has 5 heteroatoms. The second-order valence-corrected chi connectivity index (χ2v) is 8.57. The van der Waals surface area contributed by atoms with Crippen LogP contribution in [0.3, 0.4) is 0 Å². The number of hydrogen-bond donors (Lipinski definition) is 1. The van der Waals surface area contributed by atoms with Gasteiger partial charge in [0.15, 0.2) is 0 Å². The predicted octanol–water partition coefficient (Wildman–Crippen LogP) is 4.71. The highest BCUT2D eigenvalue weighted by molar-refractivity contribution is 5.78. The molecule has 5 nitrogen and oxygen atoms in total. The van der Waals surface area contributed by atoms with Gasteiger partial charge in [-0.15, -0.1) is 0 Å². The Morgan fingerprint density at radius 3 is 2.53 bits per heavy atom. The molecule has 1 heterocycles. The van der Waals surface area contributed by atoms with Crippen molar-refractivity contribution in [3.8, 4) is 5.75 Å². The van der Waals surface area contributed by atoms with Gasteiger partial charge in [-0.1, -0.05) is 56.3 Å². The topological polar surface area (TPSA) is 46.5 Å². The molecule has 2 aromatic carbocycles. The Labute approximate surface area is 192 Å². The van der Waals surface area contributed by atoms with Crippen molar-refractivity contribution in [1.29, 1.82) is 0 Å². The molecule has 170 valence electrons. The SMILES string of the molecule is COc1cccc(Cn2cccc2CN(Cc2ccccc2)C(=O)CNCCC(C)C)c1. The van der Waals surface area contributed by atoms with E-state index >= 15 is 0 Å². The number of carbonyl (C=O) groups is 1. The van der Waals surface area contributed by atoms with Gasteiger partial charge in [0.25, 0.3) is 0 Å². The highest BCUT2D eigenvalue weighted by Crippen LogP contribution is 2.17. The summed E-state index contributed by atoms with van der Waals surface area (Å²) in [5, 5.41) is 3.32. The molecule has 32 heavy (non-hydrogen) atoms. The second kappa shape index (κ2) is 12.1. The molecule has 0 aliphatic rings. The third kappa shape index (κ3) is 7.27. The fraction of sp³-hybridized carbons (Fsp3) is 0.370. The molecule has 0 fully saturated rings. The third-order valence-electron chi connectivity index (χ3n) is 5.51. The Morgan fingerprint density at radius 2 is 1.78 bits per heavy atom. The summed E-state index contributed by atoms with van der Waals surface area (Å²) in [6, 6.07) is 22.4. The molecule has 0 unspecified atom stereocenters. The van der Waals surface area contributed by atoms with Gasteiger partial charge in [-0.3, -0.25) is 4.79 Å². The van der Waals surface area contributed by atoms with Crippen LogP contribution in [0.2, 0.25) is 0 Å². The van der Waals surface area contributed by atoms with E-state index in [2.05, 4.69) is 60.3 Å². The van der Waals surface area contributed by atoms with E-state index < -0.39 is 0 Å². The molecule has 1 aromatic heterocycles. The highest BCUT2D eigenvalue weighted by atomic mass is 16.5. The van der Waals surface area contributed by atoms with E-state index in [9.17, 15) is 4.79 Å². The smallest absolute Gasteiger partial charge is 0.237 e. The summed E-state index contributed by atoms with van der Waals surface area (Å²) in [5.74, 6) is 1.59. The molecule has 0 aliphatic heterocycles. The van der Waals surface area contributed by atoms with Gasteiger partial charge >= 0.3 is 0 Å². The van der Waals surface area contributed by atoms with Crippen LogP contribution in [0.4, 0.5) is 0 Å². The first kappa shape index (κ1) is 23.6. The maximum absolute atomic E-state index is 13.1. The average Bonchev–Trinajstić information content (AvgIpc) is 3.23. The molecule has 3 aromatic rings. The zero-order chi connectivity index (χ0) is 22.8. The summed E-state index contributed by atoms with van der Waals surface area (Å²) in [4.78, 5) is 15.0. The second-order valence-electron chi connectivity index (χ2n) is 8.57. The molecule has 0 bridgehead atoms. The van der Waals surface area contributed by atoms with Crippen molar-refractivity contribution in [3.63, 3.8) is 0 Å². The molecule has 0 atom stereocenters. The molecule has 1 amide bonds. The first-order valence-corrected chi connectivity index (χ1v) is 11.3. The van der Waals surface area contributed by atoms with E-state index in [4.69, 9.17) is 4.74 Å². The zero-order valence-electron chi connectivity index (χ0n) is 19.5. The van der Waals surface area contributed by atoms with Gasteiger partial charge in [0.2, 0.25) is 5.91 Å². The Kier molecular flexibility index (Phi) is 8.93. The van der Waals surface area contributed by atoms with Crippen molar-refractivity contribution in [1.82, 2.24) is 14.8 Å². The molecule has 0 spiro atoms. The standard InChI is InChI=1S/C27H35N3O2/c1-22(2)14-15-28-18-27(31)30(19-23-9-5-4-6-10-23)21-25-12-8-16-29(25)20-24-11-7-13-26(17-24)32-3/h4-13,16-17,22,28H,14-15,18-21H2,1-3H3. The predicted molar refractivity (Wildman–Crippen MR) is 130 cm³/mol. The number of nitrogens with zero attached hydrogens (tertiary/aromatic N) is 2. The summed E-state index contributed by atoms with van der Waals surface area (Å²) >= 11 is 0. The fourth-order valence-electron chi connectivity index (χ4n) is 3.64. The highest BCUT2D eigenvalue weighted by Gasteiger charge is 2.16. The first-order chi connectivity index (χ1) is 15.5. The quantitative estimate of drug-likeness (QED) is 0.421. The lowest BCUT2D eigenvalue weighted by atomic mass is 10.1. The summed E-state index contributed by atoms with van der Waals surface area (Å²) in [6.07, 6.45) is 3.14. The van der Waals surface area contributed by atoms with Gasteiger partial charge < -0.3 is 19.5 Å². The number of carbonyl (C=O) groups excluding carboxylic acids is 1. The lowest BCUT2D eigenvalue weighted by Crippen LogP contribution is -2.38. The van der Waals surface area contributed by atoms with Crippen LogP contribution in [0.1, 0.15) is 37.1 Å². The molecule has 3 rings (SSSR count). The van der Waals surface area contributed by atoms with Gasteiger partial charge in [-0.2, -0.15) is 0 Å². The van der Waals surface area contributed by atoms with Crippen molar-refractivity contribution >= 4 is 5.91 Å². The minimum Gasteiger partial charge on any atom is -0.497 e. The fourth-order valence-corrected chi connectivity index (χ4v) is 3.64. The van der Waals surface area contributed by atoms with E-state index in [0.29, 0.717) is 25.6 Å². The van der Waals surface area contributed by atoms with Crippen molar-refractivity contribution in [2.75, 3.05) is 20.2 Å². The number of nitrogens with one attached hydrogen (secondary N) is 1. The van der Waals surface area contributed by atoms with Gasteiger partial charge in [-0.25, -0.2) is 0 Å². The van der Waals surface area contributed by atoms with Gasteiger partial charge in [0.05, 0.1) is 20.2 Å². The number of hydrogen-bond acceptors (Lipinski definition) is 3.